The molecular formula is C17H24N4O. The molecule has 0 aromatic carbocycles. The van der Waals surface area contributed by atoms with Crippen molar-refractivity contribution in [2.45, 2.75) is 44.8 Å². The molecule has 2 aromatic heterocycles. The van der Waals surface area contributed by atoms with Crippen LogP contribution >= 0.6 is 0 Å². The quantitative estimate of drug-likeness (QED) is 0.871. The zero-order valence-electron chi connectivity index (χ0n) is 13.1. The number of ether oxygens (including phenoxy) is 1. The molecule has 0 spiro atoms. The first kappa shape index (κ1) is 14.2. The maximum atomic E-state index is 5.98. The molecule has 0 N–H and O–H groups in total. The molecule has 1 unspecified atom stereocenters. The van der Waals surface area contributed by atoms with Crippen molar-refractivity contribution in [1.29, 1.82) is 0 Å². The highest BCUT2D eigenvalue weighted by atomic mass is 16.5. The van der Waals surface area contributed by atoms with Gasteiger partial charge in [0.05, 0.1) is 0 Å². The van der Waals surface area contributed by atoms with Crippen molar-refractivity contribution in [2.75, 3.05) is 26.2 Å². The molecule has 2 saturated heterocycles. The maximum absolute atomic E-state index is 5.98. The SMILES string of the molecule is c1cnc2c(c1)nc(C1CCCCO1)n2CCN1CCCC1. The highest BCUT2D eigenvalue weighted by Gasteiger charge is 2.24. The van der Waals surface area contributed by atoms with Gasteiger partial charge >= 0.3 is 0 Å². The molecule has 0 aliphatic carbocycles. The molecule has 2 aliphatic heterocycles. The van der Waals surface area contributed by atoms with Crippen molar-refractivity contribution < 1.29 is 4.74 Å². The van der Waals surface area contributed by atoms with Crippen LogP contribution < -0.4 is 0 Å². The van der Waals surface area contributed by atoms with Gasteiger partial charge in [0.2, 0.25) is 0 Å². The van der Waals surface area contributed by atoms with E-state index >= 15 is 0 Å². The molecule has 118 valence electrons. The molecule has 0 bridgehead atoms. The lowest BCUT2D eigenvalue weighted by Crippen LogP contribution is -2.26. The highest BCUT2D eigenvalue weighted by Crippen LogP contribution is 2.29. The smallest absolute Gasteiger partial charge is 0.160 e. The van der Waals surface area contributed by atoms with Gasteiger partial charge in [0.15, 0.2) is 5.65 Å². The number of rotatable bonds is 4. The van der Waals surface area contributed by atoms with E-state index in [2.05, 4.69) is 20.5 Å². The Hall–Kier alpha value is -1.46. The number of nitrogens with zero attached hydrogens (tertiary/aromatic N) is 4. The first-order valence-electron chi connectivity index (χ1n) is 8.57. The number of likely N-dealkylation sites (tertiary alicyclic amines) is 1. The van der Waals surface area contributed by atoms with Crippen molar-refractivity contribution in [1.82, 2.24) is 19.4 Å². The van der Waals surface area contributed by atoms with Gasteiger partial charge in [0, 0.05) is 25.9 Å². The largest absolute Gasteiger partial charge is 0.370 e. The van der Waals surface area contributed by atoms with Crippen LogP contribution in [0, 0.1) is 0 Å². The van der Waals surface area contributed by atoms with Crippen molar-refractivity contribution in [2.24, 2.45) is 0 Å². The van der Waals surface area contributed by atoms with Gasteiger partial charge < -0.3 is 14.2 Å². The minimum atomic E-state index is 0.140. The van der Waals surface area contributed by atoms with E-state index in [1.165, 1.54) is 38.8 Å². The predicted molar refractivity (Wildman–Crippen MR) is 85.7 cm³/mol. The summed E-state index contributed by atoms with van der Waals surface area (Å²) in [5.74, 6) is 1.08. The van der Waals surface area contributed by atoms with Crippen LogP contribution in [0.15, 0.2) is 18.3 Å². The number of aromatic nitrogens is 3. The van der Waals surface area contributed by atoms with Crippen molar-refractivity contribution >= 4 is 11.2 Å². The summed E-state index contributed by atoms with van der Waals surface area (Å²) in [6, 6.07) is 4.02. The van der Waals surface area contributed by atoms with Gasteiger partial charge in [-0.25, -0.2) is 9.97 Å². The molecule has 4 rings (SSSR count). The first-order valence-corrected chi connectivity index (χ1v) is 8.57. The van der Waals surface area contributed by atoms with Gasteiger partial charge in [-0.1, -0.05) is 0 Å². The van der Waals surface area contributed by atoms with Crippen molar-refractivity contribution in [3.8, 4) is 0 Å². The van der Waals surface area contributed by atoms with Crippen molar-refractivity contribution in [3.63, 3.8) is 0 Å². The predicted octanol–water partition coefficient (Wildman–Crippen LogP) is 2.77. The Morgan fingerprint density at radius 2 is 2.05 bits per heavy atom. The fourth-order valence-electron chi connectivity index (χ4n) is 3.63. The van der Waals surface area contributed by atoms with E-state index in [0.29, 0.717) is 0 Å². The minimum Gasteiger partial charge on any atom is -0.370 e. The van der Waals surface area contributed by atoms with E-state index in [4.69, 9.17) is 9.72 Å². The number of hydrogen-bond donors (Lipinski definition) is 0. The van der Waals surface area contributed by atoms with E-state index in [1.807, 2.05) is 12.3 Å². The van der Waals surface area contributed by atoms with E-state index in [0.717, 1.165) is 43.1 Å². The topological polar surface area (TPSA) is 43.2 Å². The van der Waals surface area contributed by atoms with Gasteiger partial charge in [-0.3, -0.25) is 0 Å². The highest BCUT2D eigenvalue weighted by molar-refractivity contribution is 5.71. The lowest BCUT2D eigenvalue weighted by molar-refractivity contribution is 0.00742. The van der Waals surface area contributed by atoms with Crippen LogP contribution in [0.25, 0.3) is 11.2 Å². The van der Waals surface area contributed by atoms with Crippen LogP contribution in [0.1, 0.15) is 44.0 Å². The average molecular weight is 300 g/mol. The Bertz CT molecular complexity index is 627. The Kier molecular flexibility index (Phi) is 4.08. The monoisotopic (exact) mass is 300 g/mol. The molecule has 0 amide bonds. The Balaban J connectivity index is 1.63. The summed E-state index contributed by atoms with van der Waals surface area (Å²) < 4.78 is 8.28. The summed E-state index contributed by atoms with van der Waals surface area (Å²) in [5.41, 5.74) is 2.00. The molecule has 5 nitrogen and oxygen atoms in total. The molecule has 0 saturated carbocycles. The van der Waals surface area contributed by atoms with Gasteiger partial charge in [0.1, 0.15) is 17.4 Å². The summed E-state index contributed by atoms with van der Waals surface area (Å²) in [6.45, 7) is 5.36. The molecule has 1 atom stereocenters. The zero-order chi connectivity index (χ0) is 14.8. The molecule has 2 aliphatic rings. The van der Waals surface area contributed by atoms with Crippen LogP contribution in [-0.2, 0) is 11.3 Å². The molecule has 0 radical (unpaired) electrons. The summed E-state index contributed by atoms with van der Waals surface area (Å²) in [4.78, 5) is 11.9. The Morgan fingerprint density at radius 1 is 1.14 bits per heavy atom. The second kappa shape index (κ2) is 6.34. The van der Waals surface area contributed by atoms with Gasteiger partial charge in [-0.05, 0) is 57.3 Å². The second-order valence-electron chi connectivity index (χ2n) is 6.37. The zero-order valence-corrected chi connectivity index (χ0v) is 13.1. The summed E-state index contributed by atoms with van der Waals surface area (Å²) in [5, 5.41) is 0. The molecule has 2 fully saturated rings. The van der Waals surface area contributed by atoms with E-state index in [1.54, 1.807) is 0 Å². The number of hydrogen-bond acceptors (Lipinski definition) is 4. The number of fused-ring (bicyclic) bond motifs is 1. The minimum absolute atomic E-state index is 0.140. The van der Waals surface area contributed by atoms with Crippen LogP contribution in [0.4, 0.5) is 0 Å². The van der Waals surface area contributed by atoms with E-state index in [9.17, 15) is 0 Å². The van der Waals surface area contributed by atoms with Crippen LogP contribution in [0.5, 0.6) is 0 Å². The fraction of sp³-hybridized carbons (Fsp3) is 0.647. The van der Waals surface area contributed by atoms with Gasteiger partial charge in [-0.15, -0.1) is 0 Å². The third kappa shape index (κ3) is 2.75. The van der Waals surface area contributed by atoms with Crippen molar-refractivity contribution in [3.05, 3.63) is 24.2 Å². The lowest BCUT2D eigenvalue weighted by Gasteiger charge is -2.23. The third-order valence-electron chi connectivity index (χ3n) is 4.84. The van der Waals surface area contributed by atoms with E-state index < -0.39 is 0 Å². The standard InChI is InChI=1S/C17H24N4O/c1-4-13-22-15(7-1)17-19-14-6-5-8-18-16(14)21(17)12-11-20-9-2-3-10-20/h5-6,8,15H,1-4,7,9-13H2. The molecular weight excluding hydrogens is 276 g/mol. The molecule has 4 heterocycles. The van der Waals surface area contributed by atoms with Crippen LogP contribution in [0.3, 0.4) is 0 Å². The maximum Gasteiger partial charge on any atom is 0.160 e. The molecule has 2 aromatic rings. The Morgan fingerprint density at radius 3 is 2.86 bits per heavy atom. The van der Waals surface area contributed by atoms with Crippen LogP contribution in [-0.4, -0.2) is 45.7 Å². The molecule has 5 heteroatoms. The summed E-state index contributed by atoms with van der Waals surface area (Å²) in [6.07, 6.45) is 8.15. The second-order valence-corrected chi connectivity index (χ2v) is 6.37. The lowest BCUT2D eigenvalue weighted by atomic mass is 10.1. The third-order valence-corrected chi connectivity index (χ3v) is 4.84. The number of pyridine rings is 1. The summed E-state index contributed by atoms with van der Waals surface area (Å²) in [7, 11) is 0. The summed E-state index contributed by atoms with van der Waals surface area (Å²) >= 11 is 0. The molecule has 22 heavy (non-hydrogen) atoms. The van der Waals surface area contributed by atoms with Gasteiger partial charge in [0.25, 0.3) is 0 Å². The number of imidazole rings is 1. The normalized spacial score (nSPS) is 23.4. The van der Waals surface area contributed by atoms with Gasteiger partial charge in [-0.2, -0.15) is 0 Å². The van der Waals surface area contributed by atoms with E-state index in [-0.39, 0.29) is 6.10 Å². The first-order chi connectivity index (χ1) is 10.9. The fourth-order valence-corrected chi connectivity index (χ4v) is 3.63. The van der Waals surface area contributed by atoms with Crippen LogP contribution in [0.2, 0.25) is 0 Å². The Labute approximate surface area is 131 Å². The average Bonchev–Trinajstić information content (AvgIpc) is 3.21.